The molecule has 0 radical (unpaired) electrons. The largest absolute Gasteiger partial charge is 0.399 e. The van der Waals surface area contributed by atoms with E-state index < -0.39 is 0 Å². The van der Waals surface area contributed by atoms with Gasteiger partial charge in [-0.1, -0.05) is 13.0 Å². The molecule has 3 N–H and O–H groups in total. The van der Waals surface area contributed by atoms with Gasteiger partial charge in [0.2, 0.25) is 0 Å². The molecule has 0 saturated carbocycles. The lowest BCUT2D eigenvalue weighted by atomic mass is 10.0. The molecule has 1 unspecified atom stereocenters. The summed E-state index contributed by atoms with van der Waals surface area (Å²) >= 11 is 0. The molecule has 6 heteroatoms. The Labute approximate surface area is 152 Å². The fourth-order valence-electron chi connectivity index (χ4n) is 2.93. The lowest BCUT2D eigenvalue weighted by Gasteiger charge is -2.30. The number of benzene rings is 1. The number of amides is 1. The number of hydrogen-bond donors (Lipinski definition) is 2. The molecule has 132 valence electrons. The van der Waals surface area contributed by atoms with E-state index in [1.807, 2.05) is 6.07 Å². The molecular formula is C17H29Cl2N3O. The molecule has 0 spiro atoms. The molecule has 1 fully saturated rings. The molecule has 1 aromatic rings. The van der Waals surface area contributed by atoms with Crippen LogP contribution in [0.25, 0.3) is 0 Å². The first-order valence-corrected chi connectivity index (χ1v) is 8.01. The monoisotopic (exact) mass is 361 g/mol. The van der Waals surface area contributed by atoms with Gasteiger partial charge >= 0.3 is 0 Å². The number of piperidine rings is 1. The Morgan fingerprint density at radius 1 is 1.35 bits per heavy atom. The number of carbonyl (C=O) groups excluding carboxylic acids is 1. The molecule has 4 nitrogen and oxygen atoms in total. The van der Waals surface area contributed by atoms with Gasteiger partial charge in [0.25, 0.3) is 5.91 Å². The Morgan fingerprint density at radius 2 is 2.13 bits per heavy atom. The number of nitrogens with two attached hydrogens (primary N) is 1. The van der Waals surface area contributed by atoms with Crippen LogP contribution in [0.4, 0.5) is 5.69 Å². The number of nitrogens with zero attached hydrogens (tertiary/aromatic N) is 1. The minimum Gasteiger partial charge on any atom is -0.399 e. The SMILES string of the molecule is CC1CCCN(CCCCNC(=O)c2cccc(N)c2)C1.Cl.Cl. The van der Waals surface area contributed by atoms with Crippen molar-refractivity contribution in [3.63, 3.8) is 0 Å². The highest BCUT2D eigenvalue weighted by Crippen LogP contribution is 2.15. The Bertz CT molecular complexity index is 471. The average Bonchev–Trinajstić information content (AvgIpc) is 2.47. The van der Waals surface area contributed by atoms with Crippen molar-refractivity contribution in [3.8, 4) is 0 Å². The summed E-state index contributed by atoms with van der Waals surface area (Å²) in [6.45, 7) is 6.68. The van der Waals surface area contributed by atoms with E-state index in [-0.39, 0.29) is 30.7 Å². The second-order valence-corrected chi connectivity index (χ2v) is 6.14. The molecule has 0 aliphatic carbocycles. The van der Waals surface area contributed by atoms with Gasteiger partial charge in [-0.2, -0.15) is 0 Å². The first-order valence-electron chi connectivity index (χ1n) is 8.01. The van der Waals surface area contributed by atoms with Gasteiger partial charge in [0.15, 0.2) is 0 Å². The molecule has 1 aromatic carbocycles. The molecular weight excluding hydrogens is 333 g/mol. The molecule has 1 amide bonds. The summed E-state index contributed by atoms with van der Waals surface area (Å²) < 4.78 is 0. The molecule has 2 rings (SSSR count). The number of likely N-dealkylation sites (tertiary alicyclic amines) is 1. The standard InChI is InChI=1S/C17H27N3O.2ClH/c1-14-6-5-11-20(13-14)10-3-2-9-19-17(21)15-7-4-8-16(18)12-15;;/h4,7-8,12,14H,2-3,5-6,9-11,13,18H2,1H3,(H,19,21);2*1H. The zero-order valence-electron chi connectivity index (χ0n) is 13.8. The summed E-state index contributed by atoms with van der Waals surface area (Å²) in [7, 11) is 0. The van der Waals surface area contributed by atoms with Gasteiger partial charge in [0, 0.05) is 24.3 Å². The first-order chi connectivity index (χ1) is 10.1. The van der Waals surface area contributed by atoms with Crippen LogP contribution in [-0.4, -0.2) is 37.0 Å². The number of halogens is 2. The third-order valence-corrected chi connectivity index (χ3v) is 4.08. The normalized spacial score (nSPS) is 17.7. The predicted octanol–water partition coefficient (Wildman–Crippen LogP) is 3.35. The Morgan fingerprint density at radius 3 is 2.83 bits per heavy atom. The molecule has 0 aromatic heterocycles. The van der Waals surface area contributed by atoms with Crippen molar-refractivity contribution in [1.82, 2.24) is 10.2 Å². The lowest BCUT2D eigenvalue weighted by molar-refractivity contribution is 0.0952. The van der Waals surface area contributed by atoms with Crippen LogP contribution in [0, 0.1) is 5.92 Å². The van der Waals surface area contributed by atoms with Gasteiger partial charge in [-0.3, -0.25) is 4.79 Å². The second kappa shape index (κ2) is 11.5. The van der Waals surface area contributed by atoms with Crippen molar-refractivity contribution in [2.75, 3.05) is 31.9 Å². The van der Waals surface area contributed by atoms with Crippen molar-refractivity contribution in [1.29, 1.82) is 0 Å². The number of hydrogen-bond acceptors (Lipinski definition) is 3. The van der Waals surface area contributed by atoms with E-state index in [4.69, 9.17) is 5.73 Å². The zero-order chi connectivity index (χ0) is 15.1. The summed E-state index contributed by atoms with van der Waals surface area (Å²) in [6.07, 6.45) is 4.86. The van der Waals surface area contributed by atoms with Crippen molar-refractivity contribution in [2.45, 2.75) is 32.6 Å². The van der Waals surface area contributed by atoms with E-state index in [1.54, 1.807) is 18.2 Å². The first kappa shape index (κ1) is 22.0. The van der Waals surface area contributed by atoms with Gasteiger partial charge in [0.1, 0.15) is 0 Å². The highest BCUT2D eigenvalue weighted by molar-refractivity contribution is 5.94. The number of carbonyl (C=O) groups is 1. The number of nitrogens with one attached hydrogen (secondary N) is 1. The van der Waals surface area contributed by atoms with Crippen LogP contribution in [0.3, 0.4) is 0 Å². The fraction of sp³-hybridized carbons (Fsp3) is 0.588. The van der Waals surface area contributed by atoms with Crippen LogP contribution in [0.15, 0.2) is 24.3 Å². The van der Waals surface area contributed by atoms with Gasteiger partial charge in [-0.25, -0.2) is 0 Å². The van der Waals surface area contributed by atoms with Crippen LogP contribution < -0.4 is 11.1 Å². The van der Waals surface area contributed by atoms with E-state index >= 15 is 0 Å². The van der Waals surface area contributed by atoms with E-state index in [1.165, 1.54) is 25.9 Å². The van der Waals surface area contributed by atoms with E-state index in [0.29, 0.717) is 11.3 Å². The van der Waals surface area contributed by atoms with E-state index in [9.17, 15) is 4.79 Å². The maximum atomic E-state index is 11.9. The maximum absolute atomic E-state index is 11.9. The zero-order valence-corrected chi connectivity index (χ0v) is 15.4. The second-order valence-electron chi connectivity index (χ2n) is 6.14. The van der Waals surface area contributed by atoms with Crippen molar-refractivity contribution >= 4 is 36.4 Å². The molecule has 0 bridgehead atoms. The van der Waals surface area contributed by atoms with Gasteiger partial charge in [-0.05, 0) is 62.9 Å². The molecule has 1 saturated heterocycles. The van der Waals surface area contributed by atoms with Crippen LogP contribution in [0.5, 0.6) is 0 Å². The van der Waals surface area contributed by atoms with Gasteiger partial charge in [-0.15, -0.1) is 24.8 Å². The summed E-state index contributed by atoms with van der Waals surface area (Å²) in [5.41, 5.74) is 6.95. The Balaban J connectivity index is 0.00000242. The Kier molecular flexibility index (Phi) is 11.1. The fourth-order valence-corrected chi connectivity index (χ4v) is 2.93. The van der Waals surface area contributed by atoms with E-state index in [0.717, 1.165) is 31.8 Å². The molecule has 23 heavy (non-hydrogen) atoms. The minimum atomic E-state index is -0.0334. The molecule has 1 atom stereocenters. The summed E-state index contributed by atoms with van der Waals surface area (Å²) in [5, 5.41) is 2.96. The highest BCUT2D eigenvalue weighted by Gasteiger charge is 2.15. The predicted molar refractivity (Wildman–Crippen MR) is 102 cm³/mol. The maximum Gasteiger partial charge on any atom is 0.251 e. The lowest BCUT2D eigenvalue weighted by Crippen LogP contribution is -2.35. The van der Waals surface area contributed by atoms with Crippen LogP contribution >= 0.6 is 24.8 Å². The summed E-state index contributed by atoms with van der Waals surface area (Å²) in [5.74, 6) is 0.802. The number of unbranched alkanes of at least 4 members (excludes halogenated alkanes) is 1. The molecule has 1 heterocycles. The third kappa shape index (κ3) is 7.91. The smallest absolute Gasteiger partial charge is 0.251 e. The number of anilines is 1. The molecule has 1 aliphatic heterocycles. The third-order valence-electron chi connectivity index (χ3n) is 4.08. The van der Waals surface area contributed by atoms with Crippen molar-refractivity contribution in [3.05, 3.63) is 29.8 Å². The Hall–Kier alpha value is -0.970. The average molecular weight is 362 g/mol. The van der Waals surface area contributed by atoms with Crippen molar-refractivity contribution in [2.24, 2.45) is 5.92 Å². The van der Waals surface area contributed by atoms with Crippen LogP contribution in [0.1, 0.15) is 43.0 Å². The minimum absolute atomic E-state index is 0. The van der Waals surface area contributed by atoms with E-state index in [2.05, 4.69) is 17.1 Å². The number of rotatable bonds is 6. The van der Waals surface area contributed by atoms with Crippen molar-refractivity contribution < 1.29 is 4.79 Å². The van der Waals surface area contributed by atoms with Crippen LogP contribution in [-0.2, 0) is 0 Å². The van der Waals surface area contributed by atoms with Gasteiger partial charge < -0.3 is 16.0 Å². The summed E-state index contributed by atoms with van der Waals surface area (Å²) in [4.78, 5) is 14.5. The highest BCUT2D eigenvalue weighted by atomic mass is 35.5. The quantitative estimate of drug-likeness (QED) is 0.603. The number of nitrogen functional groups attached to an aromatic ring is 1. The molecule has 1 aliphatic rings. The topological polar surface area (TPSA) is 58.4 Å². The van der Waals surface area contributed by atoms with Gasteiger partial charge in [0.05, 0.1) is 0 Å². The summed E-state index contributed by atoms with van der Waals surface area (Å²) in [6, 6.07) is 7.10. The van der Waals surface area contributed by atoms with Crippen LogP contribution in [0.2, 0.25) is 0 Å².